The van der Waals surface area contributed by atoms with Crippen molar-refractivity contribution in [3.63, 3.8) is 0 Å². The quantitative estimate of drug-likeness (QED) is 0.0749. The molecule has 12 nitrogen and oxygen atoms in total. The number of non-ortho nitro benzene ring substituents is 1. The summed E-state index contributed by atoms with van der Waals surface area (Å²) in [5, 5.41) is 11.4. The van der Waals surface area contributed by atoms with Gasteiger partial charge in [-0.2, -0.15) is 0 Å². The highest BCUT2D eigenvalue weighted by Crippen LogP contribution is 2.41. The Hall–Kier alpha value is -5.02. The highest BCUT2D eigenvalue weighted by atomic mass is 16.8. The van der Waals surface area contributed by atoms with Crippen LogP contribution < -0.4 is 4.74 Å². The van der Waals surface area contributed by atoms with Gasteiger partial charge in [0.2, 0.25) is 6.29 Å². The summed E-state index contributed by atoms with van der Waals surface area (Å²) >= 11 is 0. The number of nitro groups is 1. The maximum absolute atomic E-state index is 11.4. The number of fused-ring (bicyclic) bond motifs is 1. The monoisotopic (exact) mass is 803 g/mol. The molecule has 12 heteroatoms. The van der Waals surface area contributed by atoms with Gasteiger partial charge in [-0.1, -0.05) is 128 Å². The van der Waals surface area contributed by atoms with Crippen LogP contribution in [0.4, 0.5) is 5.69 Å². The number of hydrogen-bond acceptors (Lipinski definition) is 11. The van der Waals surface area contributed by atoms with Crippen molar-refractivity contribution < 1.29 is 47.6 Å². The third kappa shape index (κ3) is 10.1. The van der Waals surface area contributed by atoms with E-state index >= 15 is 0 Å². The molecule has 3 aliphatic rings. The Morgan fingerprint density at radius 3 is 1.68 bits per heavy atom. The van der Waals surface area contributed by atoms with E-state index in [0.717, 1.165) is 22.3 Å². The smallest absolute Gasteiger partial charge is 0.269 e. The van der Waals surface area contributed by atoms with Crippen LogP contribution in [0.15, 0.2) is 146 Å². The number of hydrogen-bond donors (Lipinski definition) is 0. The molecule has 11 atom stereocenters. The van der Waals surface area contributed by atoms with Crippen molar-refractivity contribution in [3.05, 3.63) is 178 Å². The SMILES string of the molecule is CC1OC(OC2C(C)C(Oc3ccc([N+](=O)[O-])cc3)OC3COC(c4ccccc4)OC32)C(OCc2ccccc2)C(OCc2ccccc2)C1OCc1ccccc1. The Kier molecular flexibility index (Phi) is 13.4. The van der Waals surface area contributed by atoms with Crippen LogP contribution in [0, 0.1) is 16.0 Å². The van der Waals surface area contributed by atoms with Gasteiger partial charge in [-0.25, -0.2) is 0 Å². The van der Waals surface area contributed by atoms with Crippen molar-refractivity contribution >= 4 is 5.69 Å². The Morgan fingerprint density at radius 1 is 0.593 bits per heavy atom. The molecule has 0 amide bonds. The summed E-state index contributed by atoms with van der Waals surface area (Å²) in [5.41, 5.74) is 3.82. The molecule has 308 valence electrons. The molecule has 5 aromatic carbocycles. The molecular weight excluding hydrogens is 755 g/mol. The fourth-order valence-corrected chi connectivity index (χ4v) is 7.74. The van der Waals surface area contributed by atoms with Crippen LogP contribution in [0.2, 0.25) is 0 Å². The number of nitrogens with zero attached hydrogens (tertiary/aromatic N) is 1. The molecule has 0 aromatic heterocycles. The van der Waals surface area contributed by atoms with E-state index < -0.39 is 72.4 Å². The van der Waals surface area contributed by atoms with Crippen molar-refractivity contribution in [2.24, 2.45) is 5.92 Å². The molecule has 0 aliphatic carbocycles. The van der Waals surface area contributed by atoms with E-state index in [1.807, 2.05) is 135 Å². The highest BCUT2D eigenvalue weighted by Gasteiger charge is 2.54. The molecule has 11 unspecified atom stereocenters. The topological polar surface area (TPSA) is 126 Å². The average Bonchev–Trinajstić information content (AvgIpc) is 3.27. The maximum atomic E-state index is 11.4. The molecule has 0 radical (unpaired) electrons. The van der Waals surface area contributed by atoms with E-state index in [1.54, 1.807) is 12.1 Å². The molecule has 0 N–H and O–H groups in total. The lowest BCUT2D eigenvalue weighted by molar-refractivity contribution is -0.385. The molecule has 3 fully saturated rings. The van der Waals surface area contributed by atoms with E-state index in [1.165, 1.54) is 12.1 Å². The maximum Gasteiger partial charge on any atom is 0.269 e. The van der Waals surface area contributed by atoms with Crippen molar-refractivity contribution in [1.29, 1.82) is 0 Å². The van der Waals surface area contributed by atoms with Crippen molar-refractivity contribution in [3.8, 4) is 5.75 Å². The molecule has 0 saturated carbocycles. The summed E-state index contributed by atoms with van der Waals surface area (Å²) in [4.78, 5) is 10.9. The lowest BCUT2D eigenvalue weighted by Crippen LogP contribution is -2.65. The third-order valence-electron chi connectivity index (χ3n) is 10.9. The zero-order valence-corrected chi connectivity index (χ0v) is 33.0. The molecule has 0 spiro atoms. The van der Waals surface area contributed by atoms with Gasteiger partial charge in [0.1, 0.15) is 36.3 Å². The zero-order valence-electron chi connectivity index (χ0n) is 33.0. The van der Waals surface area contributed by atoms with Crippen LogP contribution in [-0.4, -0.2) is 66.8 Å². The predicted octanol–water partition coefficient (Wildman–Crippen LogP) is 8.34. The van der Waals surface area contributed by atoms with Crippen LogP contribution in [0.3, 0.4) is 0 Å². The normalized spacial score (nSPS) is 29.3. The van der Waals surface area contributed by atoms with Gasteiger partial charge < -0.3 is 42.6 Å². The van der Waals surface area contributed by atoms with Crippen LogP contribution in [0.5, 0.6) is 5.75 Å². The largest absolute Gasteiger partial charge is 0.465 e. The van der Waals surface area contributed by atoms with Crippen molar-refractivity contribution in [1.82, 2.24) is 0 Å². The fourth-order valence-electron chi connectivity index (χ4n) is 7.74. The zero-order chi connectivity index (χ0) is 40.6. The first kappa shape index (κ1) is 40.7. The fraction of sp³-hybridized carbons (Fsp3) is 0.362. The van der Waals surface area contributed by atoms with Gasteiger partial charge in [0.25, 0.3) is 5.69 Å². The molecule has 3 heterocycles. The van der Waals surface area contributed by atoms with Gasteiger partial charge in [-0.05, 0) is 35.7 Å². The van der Waals surface area contributed by atoms with E-state index in [0.29, 0.717) is 19.0 Å². The summed E-state index contributed by atoms with van der Waals surface area (Å²) in [7, 11) is 0. The van der Waals surface area contributed by atoms with Gasteiger partial charge in [0, 0.05) is 23.6 Å². The van der Waals surface area contributed by atoms with Gasteiger partial charge in [0.05, 0.1) is 43.6 Å². The van der Waals surface area contributed by atoms with Crippen molar-refractivity contribution in [2.45, 2.75) is 95.3 Å². The number of benzene rings is 5. The van der Waals surface area contributed by atoms with Crippen LogP contribution >= 0.6 is 0 Å². The van der Waals surface area contributed by atoms with E-state index in [-0.39, 0.29) is 18.9 Å². The minimum atomic E-state index is -0.945. The highest BCUT2D eigenvalue weighted by molar-refractivity contribution is 5.36. The second-order valence-electron chi connectivity index (χ2n) is 15.0. The molecule has 5 aromatic rings. The van der Waals surface area contributed by atoms with Crippen LogP contribution in [0.25, 0.3) is 0 Å². The summed E-state index contributed by atoms with van der Waals surface area (Å²) in [6, 6.07) is 45.6. The molecule has 8 rings (SSSR count). The van der Waals surface area contributed by atoms with E-state index in [2.05, 4.69) is 0 Å². The standard InChI is InChI=1S/C47H49NO11/c1-31-40(42-39(30-54-46(59-42)36-21-13-6-14-22-36)57-45(31)56-38-25-23-37(24-26-38)48(49)50)58-47-44(53-29-35-19-11-5-12-20-35)43(52-28-34-17-9-4-10-18-34)41(32(2)55-47)51-27-33-15-7-3-8-16-33/h3-26,31-32,39-47H,27-30H2,1-2H3. The summed E-state index contributed by atoms with van der Waals surface area (Å²) in [6.07, 6.45) is -6.69. The third-order valence-corrected chi connectivity index (χ3v) is 10.9. The van der Waals surface area contributed by atoms with Gasteiger partial charge >= 0.3 is 0 Å². The lowest BCUT2D eigenvalue weighted by Gasteiger charge is -2.51. The second kappa shape index (κ2) is 19.4. The summed E-state index contributed by atoms with van der Waals surface area (Å²) in [6.45, 7) is 5.05. The van der Waals surface area contributed by atoms with Gasteiger partial charge in [0.15, 0.2) is 12.6 Å². The Labute approximate surface area is 344 Å². The number of nitro benzene ring substituents is 1. The minimum Gasteiger partial charge on any atom is -0.465 e. The summed E-state index contributed by atoms with van der Waals surface area (Å²) < 4.78 is 60.2. The molecule has 59 heavy (non-hydrogen) atoms. The average molecular weight is 804 g/mol. The Morgan fingerprint density at radius 2 is 1.12 bits per heavy atom. The van der Waals surface area contributed by atoms with Crippen LogP contribution in [0.1, 0.15) is 42.4 Å². The predicted molar refractivity (Wildman–Crippen MR) is 216 cm³/mol. The number of ether oxygens (including phenoxy) is 9. The van der Waals surface area contributed by atoms with Gasteiger partial charge in [-0.3, -0.25) is 10.1 Å². The van der Waals surface area contributed by atoms with E-state index in [4.69, 9.17) is 42.6 Å². The first-order valence-electron chi connectivity index (χ1n) is 20.1. The molecule has 3 saturated heterocycles. The molecular formula is C47H49NO11. The van der Waals surface area contributed by atoms with Crippen LogP contribution in [-0.2, 0) is 57.7 Å². The summed E-state index contributed by atoms with van der Waals surface area (Å²) in [5.74, 6) is -0.0331. The molecule has 3 aliphatic heterocycles. The Balaban J connectivity index is 1.11. The van der Waals surface area contributed by atoms with Crippen molar-refractivity contribution in [2.75, 3.05) is 6.61 Å². The first-order valence-corrected chi connectivity index (χ1v) is 20.1. The second-order valence-corrected chi connectivity index (χ2v) is 15.0. The molecule has 0 bridgehead atoms. The first-order chi connectivity index (χ1) is 28.9. The lowest BCUT2D eigenvalue weighted by atomic mass is 9.90. The Bertz CT molecular complexity index is 2040. The minimum absolute atomic E-state index is 0.0440. The van der Waals surface area contributed by atoms with Gasteiger partial charge in [-0.15, -0.1) is 0 Å². The van der Waals surface area contributed by atoms with E-state index in [9.17, 15) is 10.1 Å². The number of rotatable bonds is 15.